The van der Waals surface area contributed by atoms with E-state index in [1.165, 1.54) is 12.1 Å². The van der Waals surface area contributed by atoms with Gasteiger partial charge in [0.05, 0.1) is 15.7 Å². The second-order valence-corrected chi connectivity index (χ2v) is 7.26. The van der Waals surface area contributed by atoms with Gasteiger partial charge in [-0.05, 0) is 60.2 Å². The summed E-state index contributed by atoms with van der Waals surface area (Å²) in [6.07, 6.45) is 0. The molecule has 3 aromatic rings. The third-order valence-electron chi connectivity index (χ3n) is 3.57. The van der Waals surface area contributed by atoms with Crippen LogP contribution in [0.25, 0.3) is 0 Å². The summed E-state index contributed by atoms with van der Waals surface area (Å²) in [5.41, 5.74) is 8.33. The van der Waals surface area contributed by atoms with E-state index in [1.807, 2.05) is 18.2 Å². The topological polar surface area (TPSA) is 38.0 Å². The van der Waals surface area contributed by atoms with Gasteiger partial charge in [-0.15, -0.1) is 0 Å². The van der Waals surface area contributed by atoms with E-state index >= 15 is 0 Å². The molecule has 0 spiro atoms. The normalized spacial score (nSPS) is 10.7. The van der Waals surface area contributed by atoms with Crippen molar-refractivity contribution < 1.29 is 4.39 Å². The standard InChI is InChI=1S/C19H15Cl2FN2S/c20-16-2-1-3-17(21)19(16)24-18-9-8-15(10-12(18)11-23)25-14-6-4-13(22)5-7-14/h1-10,24H,11,23H2. The number of para-hydroxylation sites is 1. The van der Waals surface area contributed by atoms with Crippen LogP contribution in [0.2, 0.25) is 10.0 Å². The highest BCUT2D eigenvalue weighted by Gasteiger charge is 2.09. The Morgan fingerprint density at radius 3 is 2.20 bits per heavy atom. The van der Waals surface area contributed by atoms with Gasteiger partial charge < -0.3 is 11.1 Å². The van der Waals surface area contributed by atoms with Crippen LogP contribution >= 0.6 is 35.0 Å². The number of hydrogen-bond donors (Lipinski definition) is 2. The molecular formula is C19H15Cl2FN2S. The molecule has 0 saturated heterocycles. The first kappa shape index (κ1) is 18.1. The largest absolute Gasteiger partial charge is 0.353 e. The minimum absolute atomic E-state index is 0.247. The lowest BCUT2D eigenvalue weighted by Gasteiger charge is -2.15. The highest BCUT2D eigenvalue weighted by molar-refractivity contribution is 7.99. The van der Waals surface area contributed by atoms with Crippen LogP contribution in [-0.4, -0.2) is 0 Å². The quantitative estimate of drug-likeness (QED) is 0.521. The number of halogens is 3. The SMILES string of the molecule is NCc1cc(Sc2ccc(F)cc2)ccc1Nc1c(Cl)cccc1Cl. The van der Waals surface area contributed by atoms with Gasteiger partial charge in [0.25, 0.3) is 0 Å². The maximum Gasteiger partial charge on any atom is 0.123 e. The first-order valence-electron chi connectivity index (χ1n) is 7.54. The van der Waals surface area contributed by atoms with Gasteiger partial charge in [0.15, 0.2) is 0 Å². The van der Waals surface area contributed by atoms with Gasteiger partial charge in [-0.25, -0.2) is 4.39 Å². The van der Waals surface area contributed by atoms with Crippen molar-refractivity contribution in [2.45, 2.75) is 16.3 Å². The van der Waals surface area contributed by atoms with E-state index in [-0.39, 0.29) is 5.82 Å². The van der Waals surface area contributed by atoms with Crippen molar-refractivity contribution in [3.05, 3.63) is 82.1 Å². The summed E-state index contributed by atoms with van der Waals surface area (Å²) in [6.45, 7) is 0.363. The second-order valence-electron chi connectivity index (χ2n) is 5.30. The average molecular weight is 393 g/mol. The summed E-state index contributed by atoms with van der Waals surface area (Å²) in [6, 6.07) is 17.6. The van der Waals surface area contributed by atoms with Crippen LogP contribution in [0.15, 0.2) is 70.5 Å². The third-order valence-corrected chi connectivity index (χ3v) is 5.20. The van der Waals surface area contributed by atoms with Crippen LogP contribution in [0.1, 0.15) is 5.56 Å². The van der Waals surface area contributed by atoms with Gasteiger partial charge in [0, 0.05) is 22.0 Å². The molecule has 0 aromatic heterocycles. The van der Waals surface area contributed by atoms with Gasteiger partial charge in [-0.1, -0.05) is 41.0 Å². The Hall–Kier alpha value is -1.72. The summed E-state index contributed by atoms with van der Waals surface area (Å²) in [5.74, 6) is -0.247. The van der Waals surface area contributed by atoms with Gasteiger partial charge in [-0.3, -0.25) is 0 Å². The van der Waals surface area contributed by atoms with Gasteiger partial charge in [-0.2, -0.15) is 0 Å². The molecule has 3 aromatic carbocycles. The molecule has 0 aliphatic heterocycles. The zero-order valence-corrected chi connectivity index (χ0v) is 15.4. The number of nitrogens with one attached hydrogen (secondary N) is 1. The van der Waals surface area contributed by atoms with Crippen LogP contribution < -0.4 is 11.1 Å². The predicted molar refractivity (Wildman–Crippen MR) is 105 cm³/mol. The molecule has 0 heterocycles. The van der Waals surface area contributed by atoms with Crippen molar-refractivity contribution in [2.24, 2.45) is 5.73 Å². The van der Waals surface area contributed by atoms with Crippen molar-refractivity contribution in [1.29, 1.82) is 0 Å². The number of rotatable bonds is 5. The molecule has 3 rings (SSSR count). The van der Waals surface area contributed by atoms with Crippen molar-refractivity contribution in [2.75, 3.05) is 5.32 Å². The van der Waals surface area contributed by atoms with Crippen LogP contribution in [-0.2, 0) is 6.54 Å². The van der Waals surface area contributed by atoms with E-state index in [2.05, 4.69) is 5.32 Å². The average Bonchev–Trinajstić information content (AvgIpc) is 2.61. The van der Waals surface area contributed by atoms with Crippen molar-refractivity contribution in [3.63, 3.8) is 0 Å². The van der Waals surface area contributed by atoms with Crippen LogP contribution in [0, 0.1) is 5.82 Å². The van der Waals surface area contributed by atoms with Gasteiger partial charge in [0.2, 0.25) is 0 Å². The van der Waals surface area contributed by atoms with Crippen molar-refractivity contribution in [1.82, 2.24) is 0 Å². The zero-order valence-electron chi connectivity index (χ0n) is 13.1. The molecule has 0 aliphatic carbocycles. The van der Waals surface area contributed by atoms with Crippen molar-refractivity contribution in [3.8, 4) is 0 Å². The van der Waals surface area contributed by atoms with Gasteiger partial charge >= 0.3 is 0 Å². The monoisotopic (exact) mass is 392 g/mol. The summed E-state index contributed by atoms with van der Waals surface area (Å²) in [4.78, 5) is 1.97. The van der Waals surface area contributed by atoms with Crippen LogP contribution in [0.3, 0.4) is 0 Å². The first-order valence-corrected chi connectivity index (χ1v) is 9.11. The Morgan fingerprint density at radius 2 is 1.56 bits per heavy atom. The first-order chi connectivity index (χ1) is 12.1. The maximum atomic E-state index is 13.0. The summed E-state index contributed by atoms with van der Waals surface area (Å²) < 4.78 is 13.0. The number of anilines is 2. The summed E-state index contributed by atoms with van der Waals surface area (Å²) in [5, 5.41) is 4.34. The Kier molecular flexibility index (Phi) is 5.86. The molecule has 3 N–H and O–H groups in total. The zero-order chi connectivity index (χ0) is 17.8. The fourth-order valence-corrected chi connectivity index (χ4v) is 3.69. The van der Waals surface area contributed by atoms with Gasteiger partial charge in [0.1, 0.15) is 5.82 Å². The molecule has 0 atom stereocenters. The third kappa shape index (κ3) is 4.47. The molecule has 0 radical (unpaired) electrons. The Balaban J connectivity index is 1.85. The summed E-state index contributed by atoms with van der Waals surface area (Å²) >= 11 is 14.0. The molecule has 0 unspecified atom stereocenters. The molecule has 0 saturated carbocycles. The van der Waals surface area contributed by atoms with Crippen LogP contribution in [0.4, 0.5) is 15.8 Å². The maximum absolute atomic E-state index is 13.0. The van der Waals surface area contributed by atoms with E-state index in [0.717, 1.165) is 21.0 Å². The molecule has 128 valence electrons. The molecule has 2 nitrogen and oxygen atoms in total. The Morgan fingerprint density at radius 1 is 0.920 bits per heavy atom. The lowest BCUT2D eigenvalue weighted by Crippen LogP contribution is -2.02. The fraction of sp³-hybridized carbons (Fsp3) is 0.0526. The Labute approximate surface area is 160 Å². The smallest absolute Gasteiger partial charge is 0.123 e. The van der Waals surface area contributed by atoms with Crippen LogP contribution in [0.5, 0.6) is 0 Å². The number of benzene rings is 3. The summed E-state index contributed by atoms with van der Waals surface area (Å²) in [7, 11) is 0. The number of nitrogens with two attached hydrogens (primary N) is 1. The molecular weight excluding hydrogens is 378 g/mol. The number of hydrogen-bond acceptors (Lipinski definition) is 3. The fourth-order valence-electron chi connectivity index (χ4n) is 2.32. The highest BCUT2D eigenvalue weighted by atomic mass is 35.5. The molecule has 0 amide bonds. The van der Waals surface area contributed by atoms with E-state index in [4.69, 9.17) is 28.9 Å². The van der Waals surface area contributed by atoms with E-state index in [9.17, 15) is 4.39 Å². The molecule has 0 fully saturated rings. The molecule has 0 aliphatic rings. The minimum atomic E-state index is -0.247. The highest BCUT2D eigenvalue weighted by Crippen LogP contribution is 2.35. The van der Waals surface area contributed by atoms with Crippen molar-refractivity contribution >= 4 is 46.3 Å². The van der Waals surface area contributed by atoms with E-state index in [0.29, 0.717) is 22.3 Å². The predicted octanol–water partition coefficient (Wildman–Crippen LogP) is 6.49. The Bertz CT molecular complexity index is 865. The minimum Gasteiger partial charge on any atom is -0.353 e. The lowest BCUT2D eigenvalue weighted by molar-refractivity contribution is 0.626. The molecule has 0 bridgehead atoms. The second kappa shape index (κ2) is 8.11. The van der Waals surface area contributed by atoms with E-state index in [1.54, 1.807) is 42.1 Å². The van der Waals surface area contributed by atoms with E-state index < -0.39 is 0 Å². The lowest BCUT2D eigenvalue weighted by atomic mass is 10.1. The molecule has 6 heteroatoms. The molecule has 25 heavy (non-hydrogen) atoms.